The number of aryl methyl sites for hydroxylation is 1. The zero-order chi connectivity index (χ0) is 12.1. The summed E-state index contributed by atoms with van der Waals surface area (Å²) in [6.45, 7) is 1.55. The van der Waals surface area contributed by atoms with Gasteiger partial charge in [0.2, 0.25) is 0 Å². The molecule has 0 fully saturated rings. The van der Waals surface area contributed by atoms with Crippen LogP contribution < -0.4 is 5.11 Å². The largest absolute Gasteiger partial charge is 0.548 e. The lowest BCUT2D eigenvalue weighted by Crippen LogP contribution is -2.33. The lowest BCUT2D eigenvalue weighted by atomic mass is 10.2. The van der Waals surface area contributed by atoms with Crippen molar-refractivity contribution in [3.8, 4) is 0 Å². The Kier molecular flexibility index (Phi) is 4.25. The van der Waals surface area contributed by atoms with Crippen LogP contribution >= 0.6 is 11.6 Å². The van der Waals surface area contributed by atoms with Gasteiger partial charge in [0, 0.05) is 12.1 Å². The summed E-state index contributed by atoms with van der Waals surface area (Å²) < 4.78 is 0. The van der Waals surface area contributed by atoms with Crippen molar-refractivity contribution in [3.63, 3.8) is 0 Å². The predicted molar refractivity (Wildman–Crippen MR) is 58.3 cm³/mol. The zero-order valence-corrected chi connectivity index (χ0v) is 9.73. The van der Waals surface area contributed by atoms with Gasteiger partial charge in [-0.3, -0.25) is 5.01 Å². The molecule has 0 N–H and O–H groups in total. The summed E-state index contributed by atoms with van der Waals surface area (Å²) in [5.41, 5.74) is 1.52. The van der Waals surface area contributed by atoms with Gasteiger partial charge in [-0.2, -0.15) is 0 Å². The van der Waals surface area contributed by atoms with Crippen molar-refractivity contribution in [1.82, 2.24) is 5.01 Å². The van der Waals surface area contributed by atoms with E-state index in [0.717, 1.165) is 5.56 Å². The smallest absolute Gasteiger partial charge is 0.0904 e. The van der Waals surface area contributed by atoms with Crippen LogP contribution in [0, 0.1) is 6.92 Å². The number of carboxylic acids is 1. The first-order chi connectivity index (χ1) is 7.49. The Hall–Kier alpha value is -1.62. The molecular weight excluding hydrogens is 230 g/mol. The SMILES string of the molecule is Cc1cc(Cl)ccc1N=NN(C)CC(=O)[O-]. The van der Waals surface area contributed by atoms with Gasteiger partial charge in [-0.1, -0.05) is 16.8 Å². The third-order valence-corrected chi connectivity index (χ3v) is 2.06. The van der Waals surface area contributed by atoms with Gasteiger partial charge in [-0.05, 0) is 30.7 Å². The van der Waals surface area contributed by atoms with Crippen LogP contribution in [-0.4, -0.2) is 24.6 Å². The van der Waals surface area contributed by atoms with Gasteiger partial charge < -0.3 is 9.90 Å². The van der Waals surface area contributed by atoms with Gasteiger partial charge in [-0.25, -0.2) is 0 Å². The number of benzene rings is 1. The van der Waals surface area contributed by atoms with Crippen LogP contribution in [0.3, 0.4) is 0 Å². The monoisotopic (exact) mass is 240 g/mol. The van der Waals surface area contributed by atoms with Gasteiger partial charge >= 0.3 is 0 Å². The fourth-order valence-corrected chi connectivity index (χ4v) is 1.30. The van der Waals surface area contributed by atoms with E-state index in [9.17, 15) is 9.90 Å². The standard InChI is InChI=1S/C10H12ClN3O2/c1-7-5-8(11)3-4-9(7)12-13-14(2)6-10(15)16/h3-5H,6H2,1-2H3,(H,15,16)/p-1. The third-order valence-electron chi connectivity index (χ3n) is 1.82. The van der Waals surface area contributed by atoms with Crippen LogP contribution in [0.1, 0.15) is 5.56 Å². The quantitative estimate of drug-likeness (QED) is 0.589. The normalized spacial score (nSPS) is 10.7. The van der Waals surface area contributed by atoms with Gasteiger partial charge in [0.25, 0.3) is 0 Å². The number of nitrogens with zero attached hydrogens (tertiary/aromatic N) is 3. The molecule has 0 aliphatic carbocycles. The van der Waals surface area contributed by atoms with Crippen LogP contribution in [0.2, 0.25) is 5.02 Å². The van der Waals surface area contributed by atoms with Crippen molar-refractivity contribution in [2.24, 2.45) is 10.3 Å². The summed E-state index contributed by atoms with van der Waals surface area (Å²) in [5, 5.41) is 19.7. The summed E-state index contributed by atoms with van der Waals surface area (Å²) in [7, 11) is 1.50. The Bertz CT molecular complexity index is 421. The molecule has 0 radical (unpaired) electrons. The average Bonchev–Trinajstić information content (AvgIpc) is 2.15. The highest BCUT2D eigenvalue weighted by molar-refractivity contribution is 6.30. The number of hydrogen-bond acceptors (Lipinski definition) is 4. The van der Waals surface area contributed by atoms with Crippen LogP contribution in [0.25, 0.3) is 0 Å². The Morgan fingerprint density at radius 1 is 1.56 bits per heavy atom. The van der Waals surface area contributed by atoms with E-state index in [1.165, 1.54) is 12.1 Å². The molecule has 0 aliphatic rings. The predicted octanol–water partition coefficient (Wildman–Crippen LogP) is 1.33. The number of hydrogen-bond donors (Lipinski definition) is 0. The van der Waals surface area contributed by atoms with Crippen LogP contribution in [-0.2, 0) is 4.79 Å². The van der Waals surface area contributed by atoms with E-state index >= 15 is 0 Å². The van der Waals surface area contributed by atoms with Gasteiger partial charge in [-0.15, -0.1) is 5.11 Å². The highest BCUT2D eigenvalue weighted by Gasteiger charge is 1.98. The molecule has 0 heterocycles. The molecule has 1 rings (SSSR count). The molecule has 1 aromatic rings. The van der Waals surface area contributed by atoms with E-state index in [2.05, 4.69) is 10.3 Å². The van der Waals surface area contributed by atoms with Crippen molar-refractivity contribution in [1.29, 1.82) is 0 Å². The fraction of sp³-hybridized carbons (Fsp3) is 0.300. The number of carbonyl (C=O) groups excluding carboxylic acids is 1. The lowest BCUT2D eigenvalue weighted by molar-refractivity contribution is -0.306. The topological polar surface area (TPSA) is 68.1 Å². The third kappa shape index (κ3) is 3.86. The van der Waals surface area contributed by atoms with Crippen molar-refractivity contribution in [2.45, 2.75) is 6.92 Å². The highest BCUT2D eigenvalue weighted by Crippen LogP contribution is 2.22. The molecule has 1 aromatic carbocycles. The first-order valence-corrected chi connectivity index (χ1v) is 4.95. The van der Waals surface area contributed by atoms with Gasteiger partial charge in [0.05, 0.1) is 18.2 Å². The van der Waals surface area contributed by atoms with Gasteiger partial charge in [0.15, 0.2) is 0 Å². The molecule has 0 spiro atoms. The van der Waals surface area contributed by atoms with Crippen molar-refractivity contribution in [3.05, 3.63) is 28.8 Å². The number of aliphatic carboxylic acids is 1. The van der Waals surface area contributed by atoms with E-state index in [0.29, 0.717) is 10.7 Å². The molecule has 6 heteroatoms. The number of carbonyl (C=O) groups is 1. The molecule has 16 heavy (non-hydrogen) atoms. The molecule has 0 aliphatic heterocycles. The molecule has 86 valence electrons. The van der Waals surface area contributed by atoms with Crippen molar-refractivity contribution < 1.29 is 9.90 Å². The summed E-state index contributed by atoms with van der Waals surface area (Å²) >= 11 is 5.78. The van der Waals surface area contributed by atoms with Crippen LogP contribution in [0.15, 0.2) is 28.5 Å². The molecule has 0 unspecified atom stereocenters. The second-order valence-electron chi connectivity index (χ2n) is 3.31. The van der Waals surface area contributed by atoms with Crippen molar-refractivity contribution in [2.75, 3.05) is 13.6 Å². The minimum Gasteiger partial charge on any atom is -0.548 e. The first-order valence-electron chi connectivity index (χ1n) is 4.58. The average molecular weight is 241 g/mol. The van der Waals surface area contributed by atoms with E-state index < -0.39 is 5.97 Å². The molecule has 5 nitrogen and oxygen atoms in total. The molecule has 0 amide bonds. The maximum absolute atomic E-state index is 10.3. The van der Waals surface area contributed by atoms with E-state index in [1.54, 1.807) is 18.2 Å². The minimum atomic E-state index is -1.20. The maximum atomic E-state index is 10.3. The molecule has 0 saturated heterocycles. The Balaban J connectivity index is 2.72. The Labute approximate surface area is 98.3 Å². The van der Waals surface area contributed by atoms with E-state index in [1.807, 2.05) is 6.92 Å². The number of halogens is 1. The number of rotatable bonds is 4. The maximum Gasteiger partial charge on any atom is 0.0904 e. The molecule has 0 atom stereocenters. The zero-order valence-electron chi connectivity index (χ0n) is 8.98. The summed E-state index contributed by atoms with van der Waals surface area (Å²) in [4.78, 5) is 10.3. The number of carboxylic acid groups (broad SMARTS) is 1. The molecular formula is C10H11ClN3O2-. The van der Waals surface area contributed by atoms with E-state index in [4.69, 9.17) is 11.6 Å². The van der Waals surface area contributed by atoms with Crippen LogP contribution in [0.4, 0.5) is 5.69 Å². The second kappa shape index (κ2) is 5.46. The van der Waals surface area contributed by atoms with E-state index in [-0.39, 0.29) is 6.54 Å². The molecule has 0 saturated carbocycles. The second-order valence-corrected chi connectivity index (χ2v) is 3.74. The molecule has 0 aromatic heterocycles. The van der Waals surface area contributed by atoms with Crippen molar-refractivity contribution >= 4 is 23.3 Å². The molecule has 0 bridgehead atoms. The Morgan fingerprint density at radius 3 is 2.81 bits per heavy atom. The first kappa shape index (κ1) is 12.4. The van der Waals surface area contributed by atoms with Crippen LogP contribution in [0.5, 0.6) is 0 Å². The minimum absolute atomic E-state index is 0.295. The lowest BCUT2D eigenvalue weighted by Gasteiger charge is -2.11. The number of likely N-dealkylation sites (N-methyl/N-ethyl adjacent to an activating group) is 1. The summed E-state index contributed by atoms with van der Waals surface area (Å²) in [6, 6.07) is 5.17. The highest BCUT2D eigenvalue weighted by atomic mass is 35.5. The summed E-state index contributed by atoms with van der Waals surface area (Å²) in [5.74, 6) is -1.20. The van der Waals surface area contributed by atoms with Gasteiger partial charge in [0.1, 0.15) is 0 Å². The Morgan fingerprint density at radius 2 is 2.25 bits per heavy atom. The summed E-state index contributed by atoms with van der Waals surface area (Å²) in [6.07, 6.45) is 0. The fourth-order valence-electron chi connectivity index (χ4n) is 1.07.